The summed E-state index contributed by atoms with van der Waals surface area (Å²) in [7, 11) is 1.44. The van der Waals surface area contributed by atoms with E-state index in [2.05, 4.69) is 15.5 Å². The highest BCUT2D eigenvalue weighted by molar-refractivity contribution is 6.03. The number of nitrogens with zero attached hydrogens (tertiary/aromatic N) is 3. The molecule has 12 heteroatoms. The van der Waals surface area contributed by atoms with Gasteiger partial charge in [0.25, 0.3) is 5.91 Å². The van der Waals surface area contributed by atoms with Crippen molar-refractivity contribution in [3.05, 3.63) is 46.7 Å². The minimum atomic E-state index is -4.66. The molecule has 1 fully saturated rings. The number of carbonyl (C=O) groups is 3. The van der Waals surface area contributed by atoms with Gasteiger partial charge in [-0.1, -0.05) is 18.2 Å². The van der Waals surface area contributed by atoms with E-state index in [-0.39, 0.29) is 35.8 Å². The fourth-order valence-corrected chi connectivity index (χ4v) is 4.40. The first-order chi connectivity index (χ1) is 16.2. The number of amides is 4. The van der Waals surface area contributed by atoms with Gasteiger partial charge in [0.15, 0.2) is 0 Å². The lowest BCUT2D eigenvalue weighted by Gasteiger charge is -2.32. The lowest BCUT2D eigenvalue weighted by molar-refractivity contribution is -0.138. The Hall–Kier alpha value is -3.12. The minimum absolute atomic E-state index is 0.0416. The molecule has 4 rings (SSSR count). The number of urea groups is 1. The number of likely N-dealkylation sites (N-methyl/N-ethyl adjacent to an activating group) is 1. The minimum Gasteiger partial charge on any atom is -0.379 e. The molecule has 1 saturated heterocycles. The summed E-state index contributed by atoms with van der Waals surface area (Å²) in [5.41, 5.74) is -0.810. The number of hydrogen-bond donors (Lipinski definition) is 2. The van der Waals surface area contributed by atoms with E-state index in [1.807, 2.05) is 0 Å². The van der Waals surface area contributed by atoms with Gasteiger partial charge in [0.2, 0.25) is 5.91 Å². The number of alkyl halides is 3. The van der Waals surface area contributed by atoms with Crippen LogP contribution in [-0.4, -0.2) is 92.1 Å². The van der Waals surface area contributed by atoms with Crippen molar-refractivity contribution in [1.29, 1.82) is 0 Å². The molecule has 0 spiro atoms. The largest absolute Gasteiger partial charge is 0.416 e. The van der Waals surface area contributed by atoms with Gasteiger partial charge >= 0.3 is 12.2 Å². The van der Waals surface area contributed by atoms with Crippen LogP contribution in [0, 0.1) is 0 Å². The maximum atomic E-state index is 13.6. The van der Waals surface area contributed by atoms with Gasteiger partial charge in [0.1, 0.15) is 6.54 Å². The summed E-state index contributed by atoms with van der Waals surface area (Å²) < 4.78 is 46.1. The number of carbonyl (C=O) groups excluding carboxylic acids is 3. The maximum absolute atomic E-state index is 13.6. The standard InChI is InChI=1S/C22H26F3N5O4/c1-28-16-12-30(13-17(31)26-6-7-29-8-10-34-11-9-29)20(32)18(16)19(27-21(28)33)14-4-2-3-5-15(14)22(23,24)25/h2-5,19H,6-13H2,1H3,(H,26,31)(H,27,33). The zero-order valence-electron chi connectivity index (χ0n) is 18.7. The molecule has 0 saturated carbocycles. The zero-order valence-corrected chi connectivity index (χ0v) is 18.7. The van der Waals surface area contributed by atoms with Crippen molar-refractivity contribution in [3.8, 4) is 0 Å². The number of halogens is 3. The second-order valence-corrected chi connectivity index (χ2v) is 8.35. The monoisotopic (exact) mass is 481 g/mol. The summed E-state index contributed by atoms with van der Waals surface area (Å²) in [5, 5.41) is 5.28. The topological polar surface area (TPSA) is 94.2 Å². The molecule has 1 aromatic carbocycles. The van der Waals surface area contributed by atoms with Gasteiger partial charge in [0.05, 0.1) is 42.6 Å². The summed E-state index contributed by atoms with van der Waals surface area (Å²) in [6.45, 7) is 3.60. The molecule has 2 N–H and O–H groups in total. The Morgan fingerprint density at radius 2 is 1.91 bits per heavy atom. The predicted octanol–water partition coefficient (Wildman–Crippen LogP) is 0.946. The molecular weight excluding hydrogens is 455 g/mol. The summed E-state index contributed by atoms with van der Waals surface area (Å²) in [6.07, 6.45) is -4.66. The molecule has 0 aliphatic carbocycles. The second kappa shape index (κ2) is 9.63. The first-order valence-electron chi connectivity index (χ1n) is 11.0. The summed E-state index contributed by atoms with van der Waals surface area (Å²) in [4.78, 5) is 42.8. The van der Waals surface area contributed by atoms with Crippen LogP contribution in [0.25, 0.3) is 0 Å². The van der Waals surface area contributed by atoms with Gasteiger partial charge in [-0.25, -0.2) is 4.79 Å². The molecule has 1 aromatic rings. The van der Waals surface area contributed by atoms with Gasteiger partial charge < -0.3 is 20.3 Å². The quantitative estimate of drug-likeness (QED) is 0.631. The first-order valence-corrected chi connectivity index (χ1v) is 11.0. The molecular formula is C22H26F3N5O4. The SMILES string of the molecule is CN1C(=O)NC(c2ccccc2C(F)(F)F)C2=C1CN(CC(=O)NCCN1CCOCC1)C2=O. The third-order valence-electron chi connectivity index (χ3n) is 6.20. The van der Waals surface area contributed by atoms with E-state index in [4.69, 9.17) is 4.74 Å². The lowest BCUT2D eigenvalue weighted by Crippen LogP contribution is -2.45. The Labute approximate surface area is 194 Å². The summed E-state index contributed by atoms with van der Waals surface area (Å²) in [5.74, 6) is -0.956. The highest BCUT2D eigenvalue weighted by Gasteiger charge is 2.46. The van der Waals surface area contributed by atoms with Crippen molar-refractivity contribution >= 4 is 17.8 Å². The van der Waals surface area contributed by atoms with Gasteiger partial charge in [-0.2, -0.15) is 13.2 Å². The van der Waals surface area contributed by atoms with E-state index in [9.17, 15) is 27.6 Å². The highest BCUT2D eigenvalue weighted by atomic mass is 19.4. The Morgan fingerprint density at radius 3 is 2.62 bits per heavy atom. The maximum Gasteiger partial charge on any atom is 0.416 e. The molecule has 1 atom stereocenters. The van der Waals surface area contributed by atoms with Crippen molar-refractivity contribution in [2.75, 3.05) is 59.5 Å². The van der Waals surface area contributed by atoms with Gasteiger partial charge in [-0.3, -0.25) is 19.4 Å². The predicted molar refractivity (Wildman–Crippen MR) is 114 cm³/mol. The Kier molecular flexibility index (Phi) is 6.80. The van der Waals surface area contributed by atoms with E-state index in [1.54, 1.807) is 0 Å². The highest BCUT2D eigenvalue weighted by Crippen LogP contribution is 2.41. The molecule has 34 heavy (non-hydrogen) atoms. The van der Waals surface area contributed by atoms with E-state index in [0.717, 1.165) is 19.2 Å². The normalized spacial score (nSPS) is 21.6. The Bertz CT molecular complexity index is 1010. The van der Waals surface area contributed by atoms with Crippen LogP contribution in [-0.2, 0) is 20.5 Å². The van der Waals surface area contributed by atoms with Crippen LogP contribution in [0.15, 0.2) is 35.5 Å². The van der Waals surface area contributed by atoms with Crippen LogP contribution >= 0.6 is 0 Å². The molecule has 4 amide bonds. The third kappa shape index (κ3) is 4.87. The molecule has 0 aromatic heterocycles. The Balaban J connectivity index is 1.47. The van der Waals surface area contributed by atoms with Crippen molar-refractivity contribution in [2.24, 2.45) is 0 Å². The number of ether oxygens (including phenoxy) is 1. The van der Waals surface area contributed by atoms with E-state index < -0.39 is 29.7 Å². The molecule has 3 heterocycles. The summed E-state index contributed by atoms with van der Waals surface area (Å²) in [6, 6.07) is 2.96. The molecule has 9 nitrogen and oxygen atoms in total. The van der Waals surface area contributed by atoms with E-state index in [0.29, 0.717) is 26.3 Å². The molecule has 184 valence electrons. The van der Waals surface area contributed by atoms with Crippen molar-refractivity contribution in [3.63, 3.8) is 0 Å². The molecule has 0 radical (unpaired) electrons. The van der Waals surface area contributed by atoms with Gasteiger partial charge in [0, 0.05) is 33.2 Å². The smallest absolute Gasteiger partial charge is 0.379 e. The van der Waals surface area contributed by atoms with E-state index in [1.165, 1.54) is 35.0 Å². The van der Waals surface area contributed by atoms with Crippen molar-refractivity contribution < 1.29 is 32.3 Å². The molecule has 0 bridgehead atoms. The van der Waals surface area contributed by atoms with Crippen LogP contribution < -0.4 is 10.6 Å². The molecule has 1 unspecified atom stereocenters. The van der Waals surface area contributed by atoms with Gasteiger partial charge in [-0.15, -0.1) is 0 Å². The fourth-order valence-electron chi connectivity index (χ4n) is 4.40. The second-order valence-electron chi connectivity index (χ2n) is 8.35. The number of nitrogens with one attached hydrogen (secondary N) is 2. The zero-order chi connectivity index (χ0) is 24.5. The number of hydrogen-bond acceptors (Lipinski definition) is 5. The van der Waals surface area contributed by atoms with Crippen molar-refractivity contribution in [2.45, 2.75) is 12.2 Å². The van der Waals surface area contributed by atoms with Crippen LogP contribution in [0.3, 0.4) is 0 Å². The lowest BCUT2D eigenvalue weighted by atomic mass is 9.92. The van der Waals surface area contributed by atoms with Crippen LogP contribution in [0.1, 0.15) is 17.2 Å². The Morgan fingerprint density at radius 1 is 1.21 bits per heavy atom. The summed E-state index contributed by atoms with van der Waals surface area (Å²) >= 11 is 0. The van der Waals surface area contributed by atoms with Crippen LogP contribution in [0.2, 0.25) is 0 Å². The number of benzene rings is 1. The number of morpholine rings is 1. The number of rotatable bonds is 6. The van der Waals surface area contributed by atoms with E-state index >= 15 is 0 Å². The van der Waals surface area contributed by atoms with Gasteiger partial charge in [-0.05, 0) is 11.6 Å². The molecule has 3 aliphatic heterocycles. The fraction of sp³-hybridized carbons (Fsp3) is 0.500. The average molecular weight is 481 g/mol. The average Bonchev–Trinajstić information content (AvgIpc) is 3.12. The van der Waals surface area contributed by atoms with Crippen LogP contribution in [0.5, 0.6) is 0 Å². The first kappa shape index (κ1) is 24.0. The third-order valence-corrected chi connectivity index (χ3v) is 6.20. The van der Waals surface area contributed by atoms with Crippen LogP contribution in [0.4, 0.5) is 18.0 Å². The molecule has 3 aliphatic rings. The van der Waals surface area contributed by atoms with Crippen molar-refractivity contribution in [1.82, 2.24) is 25.3 Å².